The van der Waals surface area contributed by atoms with E-state index < -0.39 is 65.5 Å². The Balaban J connectivity index is 1.55. The molecule has 57 heavy (non-hydrogen) atoms. The highest BCUT2D eigenvalue weighted by Crippen LogP contribution is 2.37. The molecule has 0 amide bonds. The Labute approximate surface area is 336 Å². The van der Waals surface area contributed by atoms with Crippen molar-refractivity contribution in [2.75, 3.05) is 33.9 Å². The molecule has 0 aliphatic carbocycles. The van der Waals surface area contributed by atoms with Crippen molar-refractivity contribution in [3.05, 3.63) is 42.4 Å². The zero-order valence-electron chi connectivity index (χ0n) is 35.2. The molecule has 13 atom stereocenters. The normalized spacial score (nSPS) is 38.5. The Morgan fingerprint density at radius 1 is 1.12 bits per heavy atom. The third-order valence-corrected chi connectivity index (χ3v) is 11.7. The van der Waals surface area contributed by atoms with Crippen LogP contribution in [0.4, 0.5) is 0 Å². The van der Waals surface area contributed by atoms with Crippen LogP contribution in [0.2, 0.25) is 0 Å². The number of aliphatic hydroxyl groups excluding tert-OH is 1. The van der Waals surface area contributed by atoms with Crippen molar-refractivity contribution in [1.82, 2.24) is 25.0 Å². The Morgan fingerprint density at radius 2 is 1.88 bits per heavy atom. The number of Topliss-reactive ketones (excluding diaryl/α,β-unsaturated/α-hetero) is 1. The smallest absolute Gasteiger partial charge is 0.316 e. The first-order valence-corrected chi connectivity index (χ1v) is 20.2. The number of fused-ring (bicyclic) bond motifs is 15. The molecule has 4 aliphatic rings. The summed E-state index contributed by atoms with van der Waals surface area (Å²) in [5.41, 5.74) is -1.76. The van der Waals surface area contributed by atoms with Gasteiger partial charge in [0.1, 0.15) is 36.0 Å². The number of likely N-dealkylation sites (N-methyl/N-ethyl adjacent to an activating group) is 1. The first kappa shape index (κ1) is 44.7. The predicted octanol–water partition coefficient (Wildman–Crippen LogP) is 3.06. The van der Waals surface area contributed by atoms with E-state index in [1.165, 1.54) is 6.92 Å². The number of aliphatic hydroxyl groups is 2. The van der Waals surface area contributed by atoms with Crippen LogP contribution >= 0.6 is 0 Å². The van der Waals surface area contributed by atoms with E-state index in [9.17, 15) is 19.8 Å². The number of hydrogen-bond acceptors (Lipinski definition) is 15. The Hall–Kier alpha value is -3.35. The lowest BCUT2D eigenvalue weighted by Crippen LogP contribution is -2.60. The number of carbonyl (C=O) groups excluding carboxylic acids is 2. The van der Waals surface area contributed by atoms with Crippen molar-refractivity contribution in [3.8, 4) is 5.82 Å². The van der Waals surface area contributed by atoms with Crippen LogP contribution in [0.1, 0.15) is 80.2 Å². The van der Waals surface area contributed by atoms with Gasteiger partial charge in [-0.25, -0.2) is 9.67 Å². The fraction of sp³-hybridized carbons (Fsp3) is 0.732. The lowest BCUT2D eigenvalue weighted by molar-refractivity contribution is -0.296. The van der Waals surface area contributed by atoms with Gasteiger partial charge >= 0.3 is 5.97 Å². The first-order chi connectivity index (χ1) is 26.9. The van der Waals surface area contributed by atoms with E-state index >= 15 is 0 Å². The van der Waals surface area contributed by atoms with Crippen molar-refractivity contribution >= 4 is 17.5 Å². The van der Waals surface area contributed by atoms with Crippen LogP contribution in [0.15, 0.2) is 41.9 Å². The number of aromatic nitrogens is 3. The summed E-state index contributed by atoms with van der Waals surface area (Å²) in [6.07, 6.45) is 1.08. The number of ketones is 1. The molecule has 6 rings (SSSR count). The van der Waals surface area contributed by atoms with Crippen molar-refractivity contribution in [3.63, 3.8) is 0 Å². The molecule has 4 saturated heterocycles. The average Bonchev–Trinajstić information content (AvgIpc) is 3.71. The van der Waals surface area contributed by atoms with Crippen LogP contribution < -0.4 is 5.32 Å². The number of ether oxygens (including phenoxy) is 5. The average molecular weight is 801 g/mol. The molecule has 4 aliphatic heterocycles. The molecule has 0 spiro atoms. The lowest BCUT2D eigenvalue weighted by Gasteiger charge is -2.47. The van der Waals surface area contributed by atoms with Crippen LogP contribution in [0.5, 0.6) is 0 Å². The Bertz CT molecular complexity index is 1640. The summed E-state index contributed by atoms with van der Waals surface area (Å²) in [6, 6.07) is 5.05. The maximum Gasteiger partial charge on any atom is 0.316 e. The highest BCUT2D eigenvalue weighted by Gasteiger charge is 2.51. The van der Waals surface area contributed by atoms with Gasteiger partial charge in [0, 0.05) is 48.7 Å². The molecule has 4 fully saturated rings. The number of pyridine rings is 1. The molecule has 2 aromatic heterocycles. The van der Waals surface area contributed by atoms with Gasteiger partial charge in [0.25, 0.3) is 0 Å². The van der Waals surface area contributed by atoms with E-state index in [0.29, 0.717) is 30.9 Å². The third kappa shape index (κ3) is 10.6. The molecule has 3 N–H and O–H groups in total. The predicted molar refractivity (Wildman–Crippen MR) is 210 cm³/mol. The monoisotopic (exact) mass is 800 g/mol. The largest absolute Gasteiger partial charge is 0.459 e. The molecular formula is C41H64N6O10. The minimum Gasteiger partial charge on any atom is -0.459 e. The second kappa shape index (κ2) is 19.1. The molecule has 0 aromatic carbocycles. The topological polar surface area (TPSA) is 188 Å². The number of oxime groups is 1. The number of esters is 1. The van der Waals surface area contributed by atoms with Gasteiger partial charge in [0.2, 0.25) is 0 Å². The minimum absolute atomic E-state index is 0.0941. The second-order valence-corrected chi connectivity index (χ2v) is 16.8. The molecule has 0 radical (unpaired) electrons. The highest BCUT2D eigenvalue weighted by atomic mass is 16.7. The van der Waals surface area contributed by atoms with Gasteiger partial charge < -0.3 is 49.0 Å². The molecule has 0 saturated carbocycles. The summed E-state index contributed by atoms with van der Waals surface area (Å²) in [5.74, 6) is -2.98. The summed E-state index contributed by atoms with van der Waals surface area (Å²) in [7, 11) is 3.78. The van der Waals surface area contributed by atoms with Crippen molar-refractivity contribution in [1.29, 1.82) is 0 Å². The van der Waals surface area contributed by atoms with Crippen LogP contribution in [0.25, 0.3) is 5.82 Å². The van der Waals surface area contributed by atoms with E-state index in [-0.39, 0.29) is 50.3 Å². The van der Waals surface area contributed by atoms with Gasteiger partial charge in [-0.3, -0.25) is 9.59 Å². The fourth-order valence-electron chi connectivity index (χ4n) is 8.40. The van der Waals surface area contributed by atoms with E-state index in [1.807, 2.05) is 71.8 Å². The maximum absolute atomic E-state index is 14.4. The molecule has 2 aromatic rings. The van der Waals surface area contributed by atoms with E-state index in [1.54, 1.807) is 37.1 Å². The summed E-state index contributed by atoms with van der Waals surface area (Å²) in [4.78, 5) is 40.5. The van der Waals surface area contributed by atoms with Crippen LogP contribution in [-0.2, 0) is 44.7 Å². The second-order valence-electron chi connectivity index (χ2n) is 16.8. The third-order valence-electron chi connectivity index (χ3n) is 11.7. The molecule has 2 bridgehead atoms. The quantitative estimate of drug-likeness (QED) is 0.201. The van der Waals surface area contributed by atoms with Gasteiger partial charge in [-0.2, -0.15) is 5.10 Å². The van der Waals surface area contributed by atoms with Gasteiger partial charge in [-0.05, 0) is 86.0 Å². The zero-order valence-corrected chi connectivity index (χ0v) is 35.2. The summed E-state index contributed by atoms with van der Waals surface area (Å²) in [6.45, 7) is 14.7. The molecule has 16 heteroatoms. The Kier molecular flexibility index (Phi) is 15.0. The summed E-state index contributed by atoms with van der Waals surface area (Å²) in [5, 5.41) is 36.1. The minimum atomic E-state index is -1.67. The van der Waals surface area contributed by atoms with Gasteiger partial charge in [-0.1, -0.05) is 32.0 Å². The first-order valence-electron chi connectivity index (χ1n) is 20.2. The van der Waals surface area contributed by atoms with Gasteiger partial charge in [0.05, 0.1) is 37.1 Å². The van der Waals surface area contributed by atoms with Crippen molar-refractivity contribution in [2.24, 2.45) is 22.9 Å². The van der Waals surface area contributed by atoms with Crippen LogP contribution in [0.3, 0.4) is 0 Å². The lowest BCUT2D eigenvalue weighted by atomic mass is 9.79. The molecule has 6 heterocycles. The molecular weight excluding hydrogens is 736 g/mol. The number of hydrogen-bond donors (Lipinski definition) is 3. The van der Waals surface area contributed by atoms with E-state index in [0.717, 1.165) is 5.56 Å². The van der Waals surface area contributed by atoms with Gasteiger partial charge in [-0.15, -0.1) is 0 Å². The number of rotatable bonds is 8. The highest BCUT2D eigenvalue weighted by molar-refractivity contribution is 6.00. The maximum atomic E-state index is 14.4. The molecule has 318 valence electrons. The molecule has 16 nitrogen and oxygen atoms in total. The van der Waals surface area contributed by atoms with E-state index in [4.69, 9.17) is 28.5 Å². The standard InChI is InChI=1S/C41H64N6O10/c1-11-32-41(8,51)36-24(2)19-42-25(3)18-40(7,53-23-30(22-52-36)45-54-21-29-13-14-33(43-20-29)47-16-12-15-44-47)37(27(5)34(48)28(6)38(50)56-32)57-39-35(49)31(46(9)10)17-26(4)55-39/h12-16,20,24-28,31-32,35-37,39,42,49,51H,11,17-19,21-23H2,1-10H3/b45-30+/t24-,25+,26+,27-,28+,31-,32+,35+,36+,37+,39-,40+,41+/m0/s1. The fourth-order valence-corrected chi connectivity index (χ4v) is 8.40. The van der Waals surface area contributed by atoms with Crippen LogP contribution in [-0.4, -0.2) is 141 Å². The van der Waals surface area contributed by atoms with Crippen molar-refractivity contribution < 1.29 is 48.3 Å². The number of nitrogens with zero attached hydrogens (tertiary/aromatic N) is 5. The Morgan fingerprint density at radius 3 is 2.53 bits per heavy atom. The molecule has 0 unspecified atom stereocenters. The SMILES string of the molecule is CC[C@H]1OC(=O)[C@H](C)C(=O)[C@H](C)[C@@H](O[C@@H]2O[C@H](C)C[C@H](N(C)C)[C@H]2O)[C@@]2(C)C[C@@H](C)NC[C@H](C)[C@@H](OC/C(=N\OCc3ccc(-n4cccn4)nc3)CO2)[C@]1(C)O. The van der Waals surface area contributed by atoms with E-state index in [2.05, 4.69) is 20.6 Å². The number of carbonyl (C=O) groups is 2. The van der Waals surface area contributed by atoms with Crippen molar-refractivity contribution in [2.45, 2.75) is 141 Å². The summed E-state index contributed by atoms with van der Waals surface area (Å²) >= 11 is 0. The zero-order chi connectivity index (χ0) is 41.7. The summed E-state index contributed by atoms with van der Waals surface area (Å²) < 4.78 is 34.0. The van der Waals surface area contributed by atoms with Gasteiger partial charge in [0.15, 0.2) is 17.9 Å². The number of nitrogens with one attached hydrogen (secondary N) is 1. The van der Waals surface area contributed by atoms with Crippen LogP contribution in [0, 0.1) is 17.8 Å².